The molecule has 2 atom stereocenters. The monoisotopic (exact) mass is 219 g/mol. The van der Waals surface area contributed by atoms with Crippen LogP contribution in [-0.4, -0.2) is 37.8 Å². The Morgan fingerprint density at radius 2 is 2.21 bits per heavy atom. The molecule has 14 heavy (non-hydrogen) atoms. The summed E-state index contributed by atoms with van der Waals surface area (Å²) in [5.41, 5.74) is 0. The summed E-state index contributed by atoms with van der Waals surface area (Å²) < 4.78 is 18.9. The van der Waals surface area contributed by atoms with Crippen LogP contribution >= 0.6 is 0 Å². The molecule has 0 aliphatic carbocycles. The molecule has 0 saturated carbocycles. The number of carbonyl (C=O) groups excluding carboxylic acids is 2. The first-order chi connectivity index (χ1) is 6.56. The average molecular weight is 219 g/mol. The van der Waals surface area contributed by atoms with E-state index in [-0.39, 0.29) is 24.0 Å². The Balaban J connectivity index is 2.53. The molecule has 1 aliphatic rings. The SMILES string of the molecule is CCN1C(=O)CC(CCS(=O)O)C1=O. The van der Waals surface area contributed by atoms with Crippen molar-refractivity contribution < 1.29 is 18.4 Å². The lowest BCUT2D eigenvalue weighted by Crippen LogP contribution is -2.30. The Bertz CT molecular complexity index is 279. The fourth-order valence-electron chi connectivity index (χ4n) is 1.55. The smallest absolute Gasteiger partial charge is 0.232 e. The molecule has 5 nitrogen and oxygen atoms in total. The van der Waals surface area contributed by atoms with Gasteiger partial charge in [-0.25, -0.2) is 4.21 Å². The molecule has 1 rings (SSSR count). The summed E-state index contributed by atoms with van der Waals surface area (Å²) in [6, 6.07) is 0. The van der Waals surface area contributed by atoms with Gasteiger partial charge in [-0.3, -0.25) is 14.5 Å². The Morgan fingerprint density at radius 1 is 1.57 bits per heavy atom. The van der Waals surface area contributed by atoms with Crippen LogP contribution < -0.4 is 0 Å². The molecule has 0 radical (unpaired) electrons. The van der Waals surface area contributed by atoms with Gasteiger partial charge in [-0.2, -0.15) is 0 Å². The summed E-state index contributed by atoms with van der Waals surface area (Å²) in [6.45, 7) is 2.12. The van der Waals surface area contributed by atoms with Gasteiger partial charge in [0.1, 0.15) is 0 Å². The van der Waals surface area contributed by atoms with Gasteiger partial charge in [0, 0.05) is 18.9 Å². The quantitative estimate of drug-likeness (QED) is 0.533. The van der Waals surface area contributed by atoms with E-state index in [1.54, 1.807) is 6.92 Å². The van der Waals surface area contributed by atoms with E-state index in [1.807, 2.05) is 0 Å². The van der Waals surface area contributed by atoms with E-state index in [0.29, 0.717) is 13.0 Å². The molecule has 2 amide bonds. The van der Waals surface area contributed by atoms with Crippen LogP contribution in [0.3, 0.4) is 0 Å². The van der Waals surface area contributed by atoms with Gasteiger partial charge in [0.15, 0.2) is 11.1 Å². The number of nitrogens with zero attached hydrogens (tertiary/aromatic N) is 1. The average Bonchev–Trinajstić information content (AvgIpc) is 2.38. The molecular formula is C8H13NO4S. The molecule has 0 aromatic heterocycles. The molecule has 0 aromatic rings. The summed E-state index contributed by atoms with van der Waals surface area (Å²) in [4.78, 5) is 23.9. The van der Waals surface area contributed by atoms with E-state index in [4.69, 9.17) is 4.55 Å². The van der Waals surface area contributed by atoms with Crippen LogP contribution in [0, 0.1) is 5.92 Å². The van der Waals surface area contributed by atoms with Crippen molar-refractivity contribution in [3.05, 3.63) is 0 Å². The third-order valence-electron chi connectivity index (χ3n) is 2.29. The predicted octanol–water partition coefficient (Wildman–Crippen LogP) is -0.00680. The van der Waals surface area contributed by atoms with Crippen LogP contribution in [0.4, 0.5) is 0 Å². The molecule has 1 aliphatic heterocycles. The van der Waals surface area contributed by atoms with Crippen molar-refractivity contribution in [2.24, 2.45) is 5.92 Å². The standard InChI is InChI=1S/C8H13NO4S/c1-2-9-7(10)5-6(8(9)11)3-4-14(12)13/h6H,2-5H2,1H3,(H,12,13). The lowest BCUT2D eigenvalue weighted by atomic mass is 10.1. The second kappa shape index (κ2) is 4.65. The zero-order valence-corrected chi connectivity index (χ0v) is 8.75. The predicted molar refractivity (Wildman–Crippen MR) is 50.8 cm³/mol. The normalized spacial score (nSPS) is 24.4. The maximum Gasteiger partial charge on any atom is 0.232 e. The largest absolute Gasteiger partial charge is 0.306 e. The Morgan fingerprint density at radius 3 is 2.64 bits per heavy atom. The lowest BCUT2D eigenvalue weighted by Gasteiger charge is -2.10. The highest BCUT2D eigenvalue weighted by molar-refractivity contribution is 7.79. The molecule has 1 saturated heterocycles. The summed E-state index contributed by atoms with van der Waals surface area (Å²) in [5, 5.41) is 0. The summed E-state index contributed by atoms with van der Waals surface area (Å²) >= 11 is -1.88. The minimum absolute atomic E-state index is 0.0568. The zero-order chi connectivity index (χ0) is 10.7. The third kappa shape index (κ3) is 2.39. The third-order valence-corrected chi connectivity index (χ3v) is 2.88. The van der Waals surface area contributed by atoms with E-state index in [0.717, 1.165) is 0 Å². The first kappa shape index (κ1) is 11.3. The summed E-state index contributed by atoms with van der Waals surface area (Å²) in [7, 11) is 0. The van der Waals surface area contributed by atoms with Gasteiger partial charge in [0.2, 0.25) is 11.8 Å². The maximum atomic E-state index is 11.5. The van der Waals surface area contributed by atoms with Crippen LogP contribution in [-0.2, 0) is 20.7 Å². The maximum absolute atomic E-state index is 11.5. The van der Waals surface area contributed by atoms with Crippen molar-refractivity contribution in [2.45, 2.75) is 19.8 Å². The van der Waals surface area contributed by atoms with Gasteiger partial charge >= 0.3 is 0 Å². The molecule has 1 heterocycles. The molecule has 1 fully saturated rings. The highest BCUT2D eigenvalue weighted by Gasteiger charge is 2.37. The number of imide groups is 1. The second-order valence-corrected chi connectivity index (χ2v) is 4.24. The van der Waals surface area contributed by atoms with Gasteiger partial charge < -0.3 is 4.55 Å². The number of hydrogen-bond acceptors (Lipinski definition) is 3. The number of carbonyl (C=O) groups is 2. The van der Waals surface area contributed by atoms with Crippen LogP contribution in [0.2, 0.25) is 0 Å². The van der Waals surface area contributed by atoms with Gasteiger partial charge in [0.25, 0.3) is 0 Å². The number of hydrogen-bond donors (Lipinski definition) is 1. The summed E-state index contributed by atoms with van der Waals surface area (Å²) in [6.07, 6.45) is 0.494. The molecule has 1 N–H and O–H groups in total. The van der Waals surface area contributed by atoms with Gasteiger partial charge in [0.05, 0.1) is 5.75 Å². The first-order valence-electron chi connectivity index (χ1n) is 4.48. The fraction of sp³-hybridized carbons (Fsp3) is 0.750. The molecule has 6 heteroatoms. The highest BCUT2D eigenvalue weighted by Crippen LogP contribution is 2.22. The summed E-state index contributed by atoms with van der Waals surface area (Å²) in [5.74, 6) is -0.714. The second-order valence-electron chi connectivity index (χ2n) is 3.19. The van der Waals surface area contributed by atoms with Crippen molar-refractivity contribution in [1.82, 2.24) is 4.90 Å². The number of amides is 2. The van der Waals surface area contributed by atoms with E-state index >= 15 is 0 Å². The molecule has 0 bridgehead atoms. The Labute approximate surface area is 84.7 Å². The van der Waals surface area contributed by atoms with Crippen molar-refractivity contribution in [1.29, 1.82) is 0 Å². The van der Waals surface area contributed by atoms with Crippen molar-refractivity contribution in [2.75, 3.05) is 12.3 Å². The highest BCUT2D eigenvalue weighted by atomic mass is 32.2. The fourth-order valence-corrected chi connectivity index (χ4v) is 2.04. The zero-order valence-electron chi connectivity index (χ0n) is 7.93. The van der Waals surface area contributed by atoms with E-state index in [2.05, 4.69) is 0 Å². The van der Waals surface area contributed by atoms with E-state index in [1.165, 1.54) is 4.90 Å². The van der Waals surface area contributed by atoms with E-state index in [9.17, 15) is 13.8 Å². The van der Waals surface area contributed by atoms with Crippen LogP contribution in [0.5, 0.6) is 0 Å². The molecular weight excluding hydrogens is 206 g/mol. The molecule has 80 valence electrons. The Kier molecular flexibility index (Phi) is 3.77. The number of rotatable bonds is 4. The van der Waals surface area contributed by atoms with Crippen LogP contribution in [0.15, 0.2) is 0 Å². The number of likely N-dealkylation sites (tertiary alicyclic amines) is 1. The molecule has 0 aromatic carbocycles. The van der Waals surface area contributed by atoms with Gasteiger partial charge in [-0.15, -0.1) is 0 Å². The minimum Gasteiger partial charge on any atom is -0.306 e. The first-order valence-corrected chi connectivity index (χ1v) is 5.75. The molecule has 0 spiro atoms. The van der Waals surface area contributed by atoms with Crippen molar-refractivity contribution in [3.8, 4) is 0 Å². The topological polar surface area (TPSA) is 74.7 Å². The Hall–Kier alpha value is -0.750. The van der Waals surface area contributed by atoms with Crippen molar-refractivity contribution in [3.63, 3.8) is 0 Å². The minimum atomic E-state index is -1.88. The lowest BCUT2D eigenvalue weighted by molar-refractivity contribution is -0.139. The van der Waals surface area contributed by atoms with Crippen molar-refractivity contribution >= 4 is 22.9 Å². The molecule has 2 unspecified atom stereocenters. The van der Waals surface area contributed by atoms with Crippen LogP contribution in [0.1, 0.15) is 19.8 Å². The van der Waals surface area contributed by atoms with Gasteiger partial charge in [-0.05, 0) is 13.3 Å². The van der Waals surface area contributed by atoms with E-state index < -0.39 is 17.0 Å². The van der Waals surface area contributed by atoms with Crippen LogP contribution in [0.25, 0.3) is 0 Å². The van der Waals surface area contributed by atoms with Gasteiger partial charge in [-0.1, -0.05) is 0 Å².